The highest BCUT2D eigenvalue weighted by atomic mass is 32.1. The monoisotopic (exact) mass is 568 g/mol. The van der Waals surface area contributed by atoms with E-state index in [1.807, 2.05) is 18.2 Å². The Morgan fingerprint density at radius 1 is 0.442 bits per heavy atom. The number of fused-ring (bicyclic) bond motifs is 6. The number of imidazole rings is 1. The van der Waals surface area contributed by atoms with Crippen molar-refractivity contribution < 1.29 is 0 Å². The van der Waals surface area contributed by atoms with Gasteiger partial charge in [-0.2, -0.15) is 0 Å². The third-order valence-electron chi connectivity index (χ3n) is 8.17. The van der Waals surface area contributed by atoms with Gasteiger partial charge in [0.25, 0.3) is 0 Å². The maximum absolute atomic E-state index is 5.07. The van der Waals surface area contributed by atoms with Crippen LogP contribution in [0, 0.1) is 0 Å². The van der Waals surface area contributed by atoms with Gasteiger partial charge in [0, 0.05) is 33.3 Å². The normalized spacial score (nSPS) is 11.7. The summed E-state index contributed by atoms with van der Waals surface area (Å²) in [6.45, 7) is 0. The molecular weight excluding hydrogens is 545 g/mol. The first-order chi connectivity index (χ1) is 21.3. The van der Waals surface area contributed by atoms with Gasteiger partial charge in [0.05, 0.1) is 32.3 Å². The van der Waals surface area contributed by atoms with Gasteiger partial charge in [-0.1, -0.05) is 78.9 Å². The van der Waals surface area contributed by atoms with E-state index in [4.69, 9.17) is 9.97 Å². The third kappa shape index (κ3) is 3.75. The summed E-state index contributed by atoms with van der Waals surface area (Å²) in [5, 5.41) is 3.51. The molecule has 9 rings (SSSR count). The third-order valence-corrected chi connectivity index (χ3v) is 9.30. The second-order valence-electron chi connectivity index (χ2n) is 10.7. The van der Waals surface area contributed by atoms with E-state index >= 15 is 0 Å². The molecule has 0 unspecified atom stereocenters. The summed E-state index contributed by atoms with van der Waals surface area (Å²) >= 11 is 1.76. The van der Waals surface area contributed by atoms with Gasteiger partial charge in [-0.15, -0.1) is 11.3 Å². The molecule has 0 saturated carbocycles. The van der Waals surface area contributed by atoms with E-state index in [0.717, 1.165) is 49.9 Å². The van der Waals surface area contributed by atoms with Crippen molar-refractivity contribution in [1.29, 1.82) is 0 Å². The van der Waals surface area contributed by atoms with Crippen molar-refractivity contribution in [1.82, 2.24) is 19.1 Å². The zero-order chi connectivity index (χ0) is 28.3. The Morgan fingerprint density at radius 3 is 1.93 bits per heavy atom. The number of aromatic nitrogens is 4. The highest BCUT2D eigenvalue weighted by molar-refractivity contribution is 7.22. The highest BCUT2D eigenvalue weighted by Gasteiger charge is 2.19. The molecule has 0 N–H and O–H groups in total. The zero-order valence-electron chi connectivity index (χ0n) is 23.1. The number of nitrogens with zero attached hydrogens (tertiary/aromatic N) is 4. The molecule has 0 atom stereocenters. The molecule has 0 aliphatic rings. The predicted octanol–water partition coefficient (Wildman–Crippen LogP) is 10.1. The van der Waals surface area contributed by atoms with Crippen LogP contribution in [0.2, 0.25) is 0 Å². The number of thiazole rings is 1. The predicted molar refractivity (Wildman–Crippen MR) is 179 cm³/mol. The molecule has 0 fully saturated rings. The summed E-state index contributed by atoms with van der Waals surface area (Å²) in [7, 11) is 0. The van der Waals surface area contributed by atoms with Gasteiger partial charge in [0.1, 0.15) is 10.8 Å². The summed E-state index contributed by atoms with van der Waals surface area (Å²) in [5.74, 6) is 0.929. The standard InChI is InChI=1S/C38H24N4S/c1-3-11-26(12-4-1)38-40-32-24-23-30-29-15-7-9-17-33(29)41(35(30)36(32)43-38)28-21-19-25(20-22-28)37-39-31-16-8-10-18-34(31)42(37)27-13-5-2-6-14-27/h1-24H. The van der Waals surface area contributed by atoms with Crippen molar-refractivity contribution >= 4 is 54.4 Å². The minimum absolute atomic E-state index is 0.929. The first kappa shape index (κ1) is 24.1. The maximum atomic E-state index is 5.07. The molecule has 5 heteroatoms. The van der Waals surface area contributed by atoms with Gasteiger partial charge in [-0.25, -0.2) is 9.97 Å². The number of para-hydroxylation sites is 4. The van der Waals surface area contributed by atoms with Crippen LogP contribution in [0.4, 0.5) is 0 Å². The molecular formula is C38H24N4S. The fraction of sp³-hybridized carbons (Fsp3) is 0. The van der Waals surface area contributed by atoms with Crippen molar-refractivity contribution in [3.63, 3.8) is 0 Å². The van der Waals surface area contributed by atoms with Crippen molar-refractivity contribution in [3.8, 4) is 33.3 Å². The second kappa shape index (κ2) is 9.51. The highest BCUT2D eigenvalue weighted by Crippen LogP contribution is 2.41. The molecule has 0 aliphatic heterocycles. The largest absolute Gasteiger partial charge is 0.308 e. The van der Waals surface area contributed by atoms with Crippen LogP contribution in [0.3, 0.4) is 0 Å². The molecule has 6 aromatic carbocycles. The van der Waals surface area contributed by atoms with E-state index in [1.165, 1.54) is 26.5 Å². The molecule has 3 aromatic heterocycles. The van der Waals surface area contributed by atoms with Crippen LogP contribution in [0.1, 0.15) is 0 Å². The molecule has 43 heavy (non-hydrogen) atoms. The van der Waals surface area contributed by atoms with Crippen LogP contribution < -0.4 is 0 Å². The van der Waals surface area contributed by atoms with Crippen molar-refractivity contribution in [2.45, 2.75) is 0 Å². The molecule has 3 heterocycles. The summed E-state index contributed by atoms with van der Waals surface area (Å²) in [6.07, 6.45) is 0. The topological polar surface area (TPSA) is 35.6 Å². The second-order valence-corrected chi connectivity index (χ2v) is 11.7. The number of benzene rings is 6. The zero-order valence-corrected chi connectivity index (χ0v) is 23.9. The Balaban J connectivity index is 1.25. The average molecular weight is 569 g/mol. The Morgan fingerprint density at radius 2 is 1.12 bits per heavy atom. The van der Waals surface area contributed by atoms with Gasteiger partial charge in [-0.3, -0.25) is 4.57 Å². The van der Waals surface area contributed by atoms with Crippen LogP contribution in [0.15, 0.2) is 146 Å². The fourth-order valence-corrected chi connectivity index (χ4v) is 7.33. The lowest BCUT2D eigenvalue weighted by molar-refractivity contribution is 1.10. The molecule has 202 valence electrons. The average Bonchev–Trinajstić information content (AvgIpc) is 3.78. The Hall–Kier alpha value is -5.52. The Kier molecular flexibility index (Phi) is 5.33. The molecule has 0 spiro atoms. The smallest absolute Gasteiger partial charge is 0.145 e. The van der Waals surface area contributed by atoms with E-state index in [9.17, 15) is 0 Å². The summed E-state index contributed by atoms with van der Waals surface area (Å²) in [5.41, 5.74) is 9.90. The lowest BCUT2D eigenvalue weighted by Gasteiger charge is -2.12. The van der Waals surface area contributed by atoms with Crippen LogP contribution in [0.25, 0.3) is 76.4 Å². The van der Waals surface area contributed by atoms with E-state index in [-0.39, 0.29) is 0 Å². The van der Waals surface area contributed by atoms with Gasteiger partial charge in [-0.05, 0) is 66.7 Å². The lowest BCUT2D eigenvalue weighted by Crippen LogP contribution is -1.98. The first-order valence-corrected chi connectivity index (χ1v) is 15.2. The molecule has 4 nitrogen and oxygen atoms in total. The minimum Gasteiger partial charge on any atom is -0.308 e. The van der Waals surface area contributed by atoms with Gasteiger partial charge in [0.2, 0.25) is 0 Å². The van der Waals surface area contributed by atoms with Crippen molar-refractivity contribution in [3.05, 3.63) is 146 Å². The van der Waals surface area contributed by atoms with Gasteiger partial charge >= 0.3 is 0 Å². The van der Waals surface area contributed by atoms with Gasteiger partial charge in [0.15, 0.2) is 0 Å². The first-order valence-electron chi connectivity index (χ1n) is 14.4. The van der Waals surface area contributed by atoms with Crippen molar-refractivity contribution in [2.24, 2.45) is 0 Å². The van der Waals surface area contributed by atoms with Crippen LogP contribution in [0.5, 0.6) is 0 Å². The summed E-state index contributed by atoms with van der Waals surface area (Å²) < 4.78 is 5.84. The quantitative estimate of drug-likeness (QED) is 0.212. The lowest BCUT2D eigenvalue weighted by atomic mass is 10.1. The molecule has 0 saturated heterocycles. The molecule has 0 aliphatic carbocycles. The number of hydrogen-bond donors (Lipinski definition) is 0. The van der Waals surface area contributed by atoms with E-state index in [0.29, 0.717) is 0 Å². The van der Waals surface area contributed by atoms with Gasteiger partial charge < -0.3 is 4.57 Å². The molecule has 0 radical (unpaired) electrons. The van der Waals surface area contributed by atoms with Crippen LogP contribution >= 0.6 is 11.3 Å². The SMILES string of the molecule is c1ccc(-c2nc3ccc4c5ccccc5n(-c5ccc(-c6nc7ccccc7n6-c6ccccc6)cc5)c4c3s2)cc1. The van der Waals surface area contributed by atoms with E-state index < -0.39 is 0 Å². The maximum Gasteiger partial charge on any atom is 0.145 e. The van der Waals surface area contributed by atoms with Crippen LogP contribution in [-0.2, 0) is 0 Å². The van der Waals surface area contributed by atoms with Crippen LogP contribution in [-0.4, -0.2) is 19.1 Å². The fourth-order valence-electron chi connectivity index (χ4n) is 6.22. The molecule has 9 aromatic rings. The Bertz CT molecular complexity index is 2430. The minimum atomic E-state index is 0.929. The van der Waals surface area contributed by atoms with E-state index in [1.54, 1.807) is 11.3 Å². The summed E-state index contributed by atoms with van der Waals surface area (Å²) in [4.78, 5) is 10.1. The van der Waals surface area contributed by atoms with E-state index in [2.05, 4.69) is 137 Å². The summed E-state index contributed by atoms with van der Waals surface area (Å²) in [6, 6.07) is 51.1. The Labute approximate surface area is 251 Å². The number of rotatable bonds is 4. The molecule has 0 bridgehead atoms. The molecule has 0 amide bonds. The van der Waals surface area contributed by atoms with Crippen molar-refractivity contribution in [2.75, 3.05) is 0 Å². The number of hydrogen-bond acceptors (Lipinski definition) is 3.